The second-order valence-electron chi connectivity index (χ2n) is 6.82. The second kappa shape index (κ2) is 6.79. The number of benzene rings is 1. The Morgan fingerprint density at radius 2 is 2.13 bits per heavy atom. The SMILES string of the molecule is CCC(C)N1CCC(COc2cc(C)c3c(N)n[nH]c3c2)CC1. The molecule has 1 atom stereocenters. The van der Waals surface area contributed by atoms with E-state index < -0.39 is 0 Å². The molecule has 2 aromatic rings. The van der Waals surface area contributed by atoms with Gasteiger partial charge in [-0.05, 0) is 63.7 Å². The Bertz CT molecular complexity index is 658. The normalized spacial score (nSPS) is 18.4. The summed E-state index contributed by atoms with van der Waals surface area (Å²) in [6, 6.07) is 4.76. The molecule has 0 bridgehead atoms. The van der Waals surface area contributed by atoms with Crippen LogP contribution in [0.15, 0.2) is 12.1 Å². The van der Waals surface area contributed by atoms with E-state index in [0.29, 0.717) is 17.8 Å². The molecule has 2 heterocycles. The number of likely N-dealkylation sites (tertiary alicyclic amines) is 1. The monoisotopic (exact) mass is 316 g/mol. The van der Waals surface area contributed by atoms with E-state index in [9.17, 15) is 0 Å². The molecule has 1 unspecified atom stereocenters. The first-order chi connectivity index (χ1) is 11.1. The van der Waals surface area contributed by atoms with E-state index >= 15 is 0 Å². The molecule has 0 saturated carbocycles. The van der Waals surface area contributed by atoms with E-state index in [-0.39, 0.29) is 0 Å². The van der Waals surface area contributed by atoms with Crippen LogP contribution in [0.3, 0.4) is 0 Å². The summed E-state index contributed by atoms with van der Waals surface area (Å²) in [5.74, 6) is 2.11. The number of hydrogen-bond donors (Lipinski definition) is 2. The fraction of sp³-hybridized carbons (Fsp3) is 0.611. The molecule has 3 rings (SSSR count). The molecule has 23 heavy (non-hydrogen) atoms. The van der Waals surface area contributed by atoms with Crippen molar-refractivity contribution in [1.82, 2.24) is 15.1 Å². The first-order valence-electron chi connectivity index (χ1n) is 8.69. The van der Waals surface area contributed by atoms with E-state index in [1.54, 1.807) is 0 Å². The first kappa shape index (κ1) is 16.1. The number of aromatic nitrogens is 2. The summed E-state index contributed by atoms with van der Waals surface area (Å²) in [6.07, 6.45) is 3.68. The van der Waals surface area contributed by atoms with Crippen LogP contribution in [0.25, 0.3) is 10.9 Å². The number of nitrogens with zero attached hydrogens (tertiary/aromatic N) is 2. The summed E-state index contributed by atoms with van der Waals surface area (Å²) in [5, 5.41) is 8.04. The second-order valence-corrected chi connectivity index (χ2v) is 6.82. The highest BCUT2D eigenvalue weighted by molar-refractivity contribution is 5.92. The van der Waals surface area contributed by atoms with Gasteiger partial charge in [0.1, 0.15) is 5.75 Å². The van der Waals surface area contributed by atoms with Crippen LogP contribution in [0.1, 0.15) is 38.7 Å². The predicted octanol–water partition coefficient (Wildman–Crippen LogP) is 3.34. The molecule has 1 aromatic heterocycles. The average molecular weight is 316 g/mol. The number of nitrogens with two attached hydrogens (primary N) is 1. The summed E-state index contributed by atoms with van der Waals surface area (Å²) in [6.45, 7) is 9.82. The van der Waals surface area contributed by atoms with Crippen LogP contribution in [0.5, 0.6) is 5.75 Å². The summed E-state index contributed by atoms with van der Waals surface area (Å²) < 4.78 is 6.06. The van der Waals surface area contributed by atoms with Gasteiger partial charge >= 0.3 is 0 Å². The van der Waals surface area contributed by atoms with Crippen LogP contribution in [0.2, 0.25) is 0 Å². The Labute approximate surface area is 138 Å². The molecule has 5 nitrogen and oxygen atoms in total. The Kier molecular flexibility index (Phi) is 4.76. The van der Waals surface area contributed by atoms with Gasteiger partial charge in [-0.2, -0.15) is 5.10 Å². The number of H-pyrrole nitrogens is 1. The average Bonchev–Trinajstić information content (AvgIpc) is 2.94. The van der Waals surface area contributed by atoms with Gasteiger partial charge in [0.2, 0.25) is 0 Å². The number of hydrogen-bond acceptors (Lipinski definition) is 4. The zero-order chi connectivity index (χ0) is 16.4. The number of piperidine rings is 1. The minimum absolute atomic E-state index is 0.557. The molecule has 1 aliphatic rings. The Morgan fingerprint density at radius 3 is 2.83 bits per heavy atom. The summed E-state index contributed by atoms with van der Waals surface area (Å²) in [4.78, 5) is 2.60. The molecule has 3 N–H and O–H groups in total. The van der Waals surface area contributed by atoms with Gasteiger partial charge in [0, 0.05) is 17.5 Å². The summed E-state index contributed by atoms with van der Waals surface area (Å²) in [7, 11) is 0. The Morgan fingerprint density at radius 1 is 1.39 bits per heavy atom. The molecule has 0 radical (unpaired) electrons. The van der Waals surface area contributed by atoms with Gasteiger partial charge in [-0.3, -0.25) is 5.10 Å². The van der Waals surface area contributed by atoms with Crippen molar-refractivity contribution >= 4 is 16.7 Å². The smallest absolute Gasteiger partial charge is 0.153 e. The first-order valence-corrected chi connectivity index (χ1v) is 8.69. The maximum absolute atomic E-state index is 6.06. The molecular formula is C18H28N4O. The topological polar surface area (TPSA) is 67.2 Å². The summed E-state index contributed by atoms with van der Waals surface area (Å²) in [5.41, 5.74) is 7.93. The van der Waals surface area contributed by atoms with Crippen molar-refractivity contribution in [1.29, 1.82) is 0 Å². The molecule has 5 heteroatoms. The van der Waals surface area contributed by atoms with Crippen LogP contribution in [-0.2, 0) is 0 Å². The fourth-order valence-electron chi connectivity index (χ4n) is 3.47. The van der Waals surface area contributed by atoms with Crippen LogP contribution < -0.4 is 10.5 Å². The van der Waals surface area contributed by atoms with E-state index in [1.807, 2.05) is 13.0 Å². The van der Waals surface area contributed by atoms with Gasteiger partial charge in [0.15, 0.2) is 5.82 Å². The van der Waals surface area contributed by atoms with Gasteiger partial charge in [-0.1, -0.05) is 6.92 Å². The molecule has 1 fully saturated rings. The lowest BCUT2D eigenvalue weighted by atomic mass is 9.96. The van der Waals surface area contributed by atoms with Gasteiger partial charge in [0.25, 0.3) is 0 Å². The Hall–Kier alpha value is -1.75. The van der Waals surface area contributed by atoms with Crippen LogP contribution in [0, 0.1) is 12.8 Å². The number of aryl methyl sites for hydroxylation is 1. The molecule has 1 saturated heterocycles. The van der Waals surface area contributed by atoms with E-state index in [0.717, 1.165) is 28.8 Å². The lowest BCUT2D eigenvalue weighted by molar-refractivity contribution is 0.111. The molecule has 1 aromatic carbocycles. The van der Waals surface area contributed by atoms with Crippen molar-refractivity contribution in [3.63, 3.8) is 0 Å². The maximum atomic E-state index is 6.06. The zero-order valence-electron chi connectivity index (χ0n) is 14.4. The molecule has 1 aliphatic heterocycles. The number of rotatable bonds is 5. The van der Waals surface area contributed by atoms with Crippen LogP contribution >= 0.6 is 0 Å². The highest BCUT2D eigenvalue weighted by Crippen LogP contribution is 2.28. The van der Waals surface area contributed by atoms with E-state index in [4.69, 9.17) is 10.5 Å². The lowest BCUT2D eigenvalue weighted by Crippen LogP contribution is -2.40. The van der Waals surface area contributed by atoms with Crippen molar-refractivity contribution in [2.75, 3.05) is 25.4 Å². The highest BCUT2D eigenvalue weighted by atomic mass is 16.5. The van der Waals surface area contributed by atoms with Crippen LogP contribution in [-0.4, -0.2) is 40.8 Å². The van der Waals surface area contributed by atoms with Crippen molar-refractivity contribution in [2.24, 2.45) is 5.92 Å². The third-order valence-electron chi connectivity index (χ3n) is 5.21. The van der Waals surface area contributed by atoms with Gasteiger partial charge in [-0.15, -0.1) is 0 Å². The number of fused-ring (bicyclic) bond motifs is 1. The number of nitrogens with one attached hydrogen (secondary N) is 1. The van der Waals surface area contributed by atoms with Crippen molar-refractivity contribution < 1.29 is 4.74 Å². The Balaban J connectivity index is 1.57. The maximum Gasteiger partial charge on any atom is 0.153 e. The zero-order valence-corrected chi connectivity index (χ0v) is 14.4. The lowest BCUT2D eigenvalue weighted by Gasteiger charge is -2.35. The molecule has 0 amide bonds. The quantitative estimate of drug-likeness (QED) is 0.888. The molecular weight excluding hydrogens is 288 g/mol. The minimum atomic E-state index is 0.557. The van der Waals surface area contributed by atoms with Crippen molar-refractivity contribution in [3.05, 3.63) is 17.7 Å². The standard InChI is InChI=1S/C18H28N4O/c1-4-13(3)22-7-5-14(6-8-22)11-23-15-9-12(2)17-16(10-15)20-21-18(17)19/h9-10,13-14H,4-8,11H2,1-3H3,(H3,19,20,21). The fourth-order valence-corrected chi connectivity index (χ4v) is 3.47. The van der Waals surface area contributed by atoms with Crippen molar-refractivity contribution in [3.8, 4) is 5.75 Å². The van der Waals surface area contributed by atoms with E-state index in [1.165, 1.54) is 32.4 Å². The summed E-state index contributed by atoms with van der Waals surface area (Å²) >= 11 is 0. The highest BCUT2D eigenvalue weighted by Gasteiger charge is 2.22. The van der Waals surface area contributed by atoms with Crippen molar-refractivity contribution in [2.45, 2.75) is 46.1 Å². The number of aromatic amines is 1. The largest absolute Gasteiger partial charge is 0.493 e. The van der Waals surface area contributed by atoms with Gasteiger partial charge < -0.3 is 15.4 Å². The predicted molar refractivity (Wildman–Crippen MR) is 94.8 cm³/mol. The third-order valence-corrected chi connectivity index (χ3v) is 5.21. The number of anilines is 1. The minimum Gasteiger partial charge on any atom is -0.493 e. The van der Waals surface area contributed by atoms with Gasteiger partial charge in [-0.25, -0.2) is 0 Å². The molecule has 126 valence electrons. The molecule has 0 spiro atoms. The number of nitrogen functional groups attached to an aromatic ring is 1. The third kappa shape index (κ3) is 3.44. The molecule has 0 aliphatic carbocycles. The van der Waals surface area contributed by atoms with Gasteiger partial charge in [0.05, 0.1) is 12.1 Å². The van der Waals surface area contributed by atoms with Crippen LogP contribution in [0.4, 0.5) is 5.82 Å². The van der Waals surface area contributed by atoms with E-state index in [2.05, 4.69) is 35.0 Å². The number of ether oxygens (including phenoxy) is 1.